The fourth-order valence-electron chi connectivity index (χ4n) is 1.85. The molecule has 0 nitrogen and oxygen atoms in total. The Morgan fingerprint density at radius 1 is 1.44 bits per heavy atom. The molecule has 0 amide bonds. The van der Waals surface area contributed by atoms with Crippen LogP contribution in [0.5, 0.6) is 0 Å². The Labute approximate surface area is 101 Å². The first-order valence-electron chi connectivity index (χ1n) is 5.48. The van der Waals surface area contributed by atoms with Crippen molar-refractivity contribution in [1.29, 1.82) is 0 Å². The quantitative estimate of drug-likeness (QED) is 0.654. The van der Waals surface area contributed by atoms with Crippen molar-refractivity contribution in [2.45, 2.75) is 19.8 Å². The van der Waals surface area contributed by atoms with E-state index in [1.165, 1.54) is 26.5 Å². The number of thiophene rings is 1. The van der Waals surface area contributed by atoms with Crippen LogP contribution in [0.2, 0.25) is 0 Å². The Balaban J connectivity index is 2.33. The van der Waals surface area contributed by atoms with Gasteiger partial charge >= 0.3 is 0 Å². The molecule has 1 aromatic heterocycles. The summed E-state index contributed by atoms with van der Waals surface area (Å²) in [7, 11) is 0. The van der Waals surface area contributed by atoms with Gasteiger partial charge in [0.2, 0.25) is 0 Å². The Kier molecular flexibility index (Phi) is 3.25. The Morgan fingerprint density at radius 3 is 3.00 bits per heavy atom. The molecule has 0 saturated carbocycles. The zero-order valence-electron chi connectivity index (χ0n) is 9.62. The zero-order chi connectivity index (χ0) is 11.5. The summed E-state index contributed by atoms with van der Waals surface area (Å²) < 4.78 is 0. The van der Waals surface area contributed by atoms with Crippen LogP contribution < -0.4 is 0 Å². The number of fused-ring (bicyclic) bond motifs is 1. The highest BCUT2D eigenvalue weighted by molar-refractivity contribution is 7.14. The minimum Gasteiger partial charge on any atom is -0.136 e. The highest BCUT2D eigenvalue weighted by Gasteiger charge is 2.14. The summed E-state index contributed by atoms with van der Waals surface area (Å²) in [5.41, 5.74) is 4.07. The van der Waals surface area contributed by atoms with Gasteiger partial charge in [-0.15, -0.1) is 17.9 Å². The predicted octanol–water partition coefficient (Wildman–Crippen LogP) is 4.77. The van der Waals surface area contributed by atoms with Crippen LogP contribution in [-0.4, -0.2) is 0 Å². The molecule has 0 N–H and O–H groups in total. The first-order valence-corrected chi connectivity index (χ1v) is 6.29. The van der Waals surface area contributed by atoms with Crippen LogP contribution in [0, 0.1) is 6.92 Å². The average molecular weight is 228 g/mol. The van der Waals surface area contributed by atoms with Gasteiger partial charge in [-0.25, -0.2) is 0 Å². The topological polar surface area (TPSA) is 0 Å². The summed E-state index contributed by atoms with van der Waals surface area (Å²) in [5.74, 6) is 0. The predicted molar refractivity (Wildman–Crippen MR) is 74.8 cm³/mol. The molecule has 0 aromatic carbocycles. The molecule has 0 aliphatic heterocycles. The highest BCUT2D eigenvalue weighted by Crippen LogP contribution is 2.34. The van der Waals surface area contributed by atoms with Crippen molar-refractivity contribution in [3.05, 3.63) is 57.8 Å². The summed E-state index contributed by atoms with van der Waals surface area (Å²) in [5, 5.41) is 0. The van der Waals surface area contributed by atoms with E-state index in [4.69, 9.17) is 0 Å². The molecule has 0 bridgehead atoms. The molecule has 0 unspecified atom stereocenters. The largest absolute Gasteiger partial charge is 0.136 e. The maximum absolute atomic E-state index is 4.03. The van der Waals surface area contributed by atoms with Crippen LogP contribution >= 0.6 is 11.3 Å². The van der Waals surface area contributed by atoms with E-state index in [2.05, 4.69) is 44.4 Å². The maximum Gasteiger partial charge on any atom is 0.0314 e. The van der Waals surface area contributed by atoms with Crippen molar-refractivity contribution in [2.24, 2.45) is 0 Å². The first kappa shape index (κ1) is 11.2. The molecule has 1 heteroatoms. The number of allylic oxidation sites excluding steroid dienone is 4. The molecule has 1 aliphatic rings. The van der Waals surface area contributed by atoms with Gasteiger partial charge in [-0.2, -0.15) is 0 Å². The molecule has 0 radical (unpaired) electrons. The lowest BCUT2D eigenvalue weighted by atomic mass is 9.97. The SMILES string of the molecule is C=CCC=Cc1sc2c(c1C)CC(=C)C=C2. The fraction of sp³-hybridized carbons (Fsp3) is 0.200. The molecule has 0 atom stereocenters. The van der Waals surface area contributed by atoms with Gasteiger partial charge in [-0.05, 0) is 43.0 Å². The summed E-state index contributed by atoms with van der Waals surface area (Å²) in [6.45, 7) is 9.95. The van der Waals surface area contributed by atoms with Crippen molar-refractivity contribution >= 4 is 23.5 Å². The monoisotopic (exact) mass is 228 g/mol. The van der Waals surface area contributed by atoms with E-state index in [0.717, 1.165) is 12.8 Å². The Hall–Kier alpha value is -1.34. The number of hydrogen-bond donors (Lipinski definition) is 0. The van der Waals surface area contributed by atoms with E-state index in [1.54, 1.807) is 0 Å². The third-order valence-corrected chi connectivity index (χ3v) is 4.05. The summed E-state index contributed by atoms with van der Waals surface area (Å²) in [6, 6.07) is 0. The minimum atomic E-state index is 0.935. The van der Waals surface area contributed by atoms with E-state index >= 15 is 0 Å². The van der Waals surface area contributed by atoms with Gasteiger partial charge in [0.05, 0.1) is 0 Å². The van der Waals surface area contributed by atoms with E-state index in [1.807, 2.05) is 17.4 Å². The molecule has 82 valence electrons. The van der Waals surface area contributed by atoms with Gasteiger partial charge in [-0.3, -0.25) is 0 Å². The molecular weight excluding hydrogens is 212 g/mol. The van der Waals surface area contributed by atoms with Crippen molar-refractivity contribution in [3.8, 4) is 0 Å². The van der Waals surface area contributed by atoms with Crippen LogP contribution in [0.1, 0.15) is 27.3 Å². The maximum atomic E-state index is 4.03. The summed E-state index contributed by atoms with van der Waals surface area (Å²) in [4.78, 5) is 2.76. The van der Waals surface area contributed by atoms with Crippen LogP contribution in [0.25, 0.3) is 12.2 Å². The molecule has 1 heterocycles. The van der Waals surface area contributed by atoms with Gasteiger partial charge in [0.15, 0.2) is 0 Å². The number of rotatable bonds is 3. The molecule has 1 aromatic rings. The van der Waals surface area contributed by atoms with Crippen LogP contribution in [0.4, 0.5) is 0 Å². The van der Waals surface area contributed by atoms with Gasteiger partial charge in [0.1, 0.15) is 0 Å². The average Bonchev–Trinajstić information content (AvgIpc) is 2.57. The summed E-state index contributed by atoms with van der Waals surface area (Å²) >= 11 is 1.87. The van der Waals surface area contributed by atoms with Crippen molar-refractivity contribution in [1.82, 2.24) is 0 Å². The van der Waals surface area contributed by atoms with Gasteiger partial charge in [-0.1, -0.05) is 30.4 Å². The smallest absolute Gasteiger partial charge is 0.0314 e. The van der Waals surface area contributed by atoms with E-state index in [-0.39, 0.29) is 0 Å². The lowest BCUT2D eigenvalue weighted by Crippen LogP contribution is -1.93. The normalized spacial score (nSPS) is 14.4. The van der Waals surface area contributed by atoms with E-state index in [9.17, 15) is 0 Å². The molecular formula is C15H16S. The van der Waals surface area contributed by atoms with Gasteiger partial charge < -0.3 is 0 Å². The van der Waals surface area contributed by atoms with Crippen LogP contribution in [-0.2, 0) is 6.42 Å². The lowest BCUT2D eigenvalue weighted by molar-refractivity contribution is 1.17. The van der Waals surface area contributed by atoms with Gasteiger partial charge in [0.25, 0.3) is 0 Å². The highest BCUT2D eigenvalue weighted by atomic mass is 32.1. The second kappa shape index (κ2) is 4.67. The van der Waals surface area contributed by atoms with Crippen molar-refractivity contribution in [3.63, 3.8) is 0 Å². The zero-order valence-corrected chi connectivity index (χ0v) is 10.4. The number of hydrogen-bond acceptors (Lipinski definition) is 1. The van der Waals surface area contributed by atoms with Crippen LogP contribution in [0.15, 0.2) is 37.0 Å². The van der Waals surface area contributed by atoms with Crippen LogP contribution in [0.3, 0.4) is 0 Å². The van der Waals surface area contributed by atoms with E-state index in [0.29, 0.717) is 0 Å². The molecule has 1 aliphatic carbocycles. The minimum absolute atomic E-state index is 0.935. The Bertz CT molecular complexity index is 484. The summed E-state index contributed by atoms with van der Waals surface area (Å²) in [6.07, 6.45) is 12.5. The standard InChI is InChI=1S/C15H16S/c1-4-5-6-7-14-12(3)13-10-11(2)8-9-15(13)16-14/h4,6-9H,1-2,5,10H2,3H3. The first-order chi connectivity index (χ1) is 7.72. The third-order valence-electron chi connectivity index (χ3n) is 2.79. The molecule has 16 heavy (non-hydrogen) atoms. The molecule has 0 spiro atoms. The second-order valence-corrected chi connectivity index (χ2v) is 5.11. The van der Waals surface area contributed by atoms with E-state index < -0.39 is 0 Å². The Morgan fingerprint density at radius 2 is 2.25 bits per heavy atom. The van der Waals surface area contributed by atoms with Crippen molar-refractivity contribution in [2.75, 3.05) is 0 Å². The third kappa shape index (κ3) is 2.10. The lowest BCUT2D eigenvalue weighted by Gasteiger charge is -2.07. The fourth-order valence-corrected chi connectivity index (χ4v) is 3.02. The van der Waals surface area contributed by atoms with Gasteiger partial charge in [0, 0.05) is 9.75 Å². The van der Waals surface area contributed by atoms with Crippen molar-refractivity contribution < 1.29 is 0 Å². The molecule has 2 rings (SSSR count). The molecule has 0 saturated heterocycles. The molecule has 0 fully saturated rings. The second-order valence-electron chi connectivity index (χ2n) is 4.03.